The van der Waals surface area contributed by atoms with Crippen molar-refractivity contribution in [1.29, 1.82) is 5.26 Å². The molecule has 0 unspecified atom stereocenters. The van der Waals surface area contributed by atoms with Gasteiger partial charge in [0.25, 0.3) is 0 Å². The normalized spacial score (nSPS) is 14.4. The van der Waals surface area contributed by atoms with Gasteiger partial charge in [0, 0.05) is 37.6 Å². The predicted molar refractivity (Wildman–Crippen MR) is 179 cm³/mol. The molecule has 45 heavy (non-hydrogen) atoms. The number of nitrogens with zero attached hydrogens (tertiary/aromatic N) is 3. The number of anilines is 2. The first-order valence-electron chi connectivity index (χ1n) is 15.6. The minimum absolute atomic E-state index is 0.402. The Balaban J connectivity index is 1.34. The number of benzene rings is 4. The summed E-state index contributed by atoms with van der Waals surface area (Å²) in [6.07, 6.45) is 10.9. The molecule has 0 aromatic heterocycles. The number of hydrogen-bond donors (Lipinski definition) is 0. The molecule has 0 bridgehead atoms. The van der Waals surface area contributed by atoms with Crippen molar-refractivity contribution in [3.05, 3.63) is 160 Å². The van der Waals surface area contributed by atoms with E-state index in [9.17, 15) is 9.90 Å². The molecular formula is C40H36N3O2-. The van der Waals surface area contributed by atoms with Crippen LogP contribution in [0.15, 0.2) is 127 Å². The van der Waals surface area contributed by atoms with E-state index in [0.29, 0.717) is 0 Å². The van der Waals surface area contributed by atoms with Crippen LogP contribution in [0.25, 0.3) is 5.57 Å². The quantitative estimate of drug-likeness (QED) is 0.122. The highest BCUT2D eigenvalue weighted by atomic mass is 16.4. The van der Waals surface area contributed by atoms with E-state index >= 15 is 0 Å². The van der Waals surface area contributed by atoms with Crippen LogP contribution < -0.4 is 14.9 Å². The van der Waals surface area contributed by atoms with Gasteiger partial charge in [0.2, 0.25) is 0 Å². The highest BCUT2D eigenvalue weighted by Gasteiger charge is 2.21. The number of hydrogen-bond acceptors (Lipinski definition) is 5. The number of nitriles is 1. The largest absolute Gasteiger partial charge is 0.544 e. The smallest absolute Gasteiger partial charge is 0.101 e. The van der Waals surface area contributed by atoms with Crippen LogP contribution in [0.3, 0.4) is 0 Å². The van der Waals surface area contributed by atoms with Crippen molar-refractivity contribution in [3.8, 4) is 6.07 Å². The molecule has 5 heteroatoms. The maximum absolute atomic E-state index is 11.2. The Bertz CT molecular complexity index is 1690. The van der Waals surface area contributed by atoms with Crippen LogP contribution >= 0.6 is 0 Å². The predicted octanol–water partition coefficient (Wildman–Crippen LogP) is 6.78. The molecule has 0 saturated carbocycles. The number of carboxylic acids is 1. The first-order chi connectivity index (χ1) is 22.1. The molecule has 0 saturated heterocycles. The molecule has 2 aliphatic heterocycles. The van der Waals surface area contributed by atoms with E-state index in [1.54, 1.807) is 18.2 Å². The molecule has 6 rings (SSSR count). The van der Waals surface area contributed by atoms with Gasteiger partial charge in [-0.05, 0) is 95.0 Å². The van der Waals surface area contributed by atoms with Crippen molar-refractivity contribution in [3.63, 3.8) is 0 Å². The molecule has 2 heterocycles. The number of rotatable bonds is 9. The molecule has 0 aliphatic carbocycles. The Morgan fingerprint density at radius 1 is 0.711 bits per heavy atom. The zero-order chi connectivity index (χ0) is 31.0. The molecule has 0 spiro atoms. The lowest BCUT2D eigenvalue weighted by atomic mass is 9.90. The lowest BCUT2D eigenvalue weighted by Crippen LogP contribution is -2.29. The molecule has 0 N–H and O–H groups in total. The SMILES string of the molecule is N#C/C(=C\C=C\C=C(c1ccc2c(c1)CCCN2Cc1ccccc1)c1ccc2c(c1)CCCN2Cc1ccccc1)C(=O)[O-]. The van der Waals surface area contributed by atoms with Crippen LogP contribution in [-0.2, 0) is 30.7 Å². The van der Waals surface area contributed by atoms with Gasteiger partial charge in [0.15, 0.2) is 0 Å². The number of aryl methyl sites for hydroxylation is 2. The second-order valence-corrected chi connectivity index (χ2v) is 11.7. The van der Waals surface area contributed by atoms with E-state index in [2.05, 4.69) is 107 Å². The van der Waals surface area contributed by atoms with Crippen molar-refractivity contribution in [1.82, 2.24) is 0 Å². The Morgan fingerprint density at radius 2 is 1.20 bits per heavy atom. The van der Waals surface area contributed by atoms with Crippen molar-refractivity contribution in [2.24, 2.45) is 0 Å². The topological polar surface area (TPSA) is 70.4 Å². The monoisotopic (exact) mass is 590 g/mol. The van der Waals surface area contributed by atoms with Gasteiger partial charge in [0.05, 0.1) is 11.5 Å². The van der Waals surface area contributed by atoms with Gasteiger partial charge in [-0.1, -0.05) is 91.0 Å². The summed E-state index contributed by atoms with van der Waals surface area (Å²) in [6.45, 7) is 3.83. The molecule has 5 nitrogen and oxygen atoms in total. The highest BCUT2D eigenvalue weighted by molar-refractivity contribution is 5.89. The van der Waals surface area contributed by atoms with Crippen LogP contribution in [0.2, 0.25) is 0 Å². The first-order valence-corrected chi connectivity index (χ1v) is 15.6. The molecule has 0 amide bonds. The summed E-state index contributed by atoms with van der Waals surface area (Å²) >= 11 is 0. The second-order valence-electron chi connectivity index (χ2n) is 11.7. The van der Waals surface area contributed by atoms with Crippen LogP contribution in [-0.4, -0.2) is 19.1 Å². The maximum Gasteiger partial charge on any atom is 0.101 e. The number of carboxylic acid groups (broad SMARTS) is 1. The van der Waals surface area contributed by atoms with Crippen molar-refractivity contribution >= 4 is 22.9 Å². The third-order valence-corrected chi connectivity index (χ3v) is 8.62. The van der Waals surface area contributed by atoms with Crippen LogP contribution in [0.1, 0.15) is 46.2 Å². The lowest BCUT2D eigenvalue weighted by molar-refractivity contribution is -0.298. The fourth-order valence-corrected chi connectivity index (χ4v) is 6.43. The van der Waals surface area contributed by atoms with Crippen molar-refractivity contribution in [2.75, 3.05) is 22.9 Å². The molecule has 224 valence electrons. The summed E-state index contributed by atoms with van der Waals surface area (Å²) in [4.78, 5) is 16.1. The van der Waals surface area contributed by atoms with E-state index < -0.39 is 11.5 Å². The summed E-state index contributed by atoms with van der Waals surface area (Å²) in [5.41, 5.74) is 10.7. The number of carbonyl (C=O) groups excluding carboxylic acids is 1. The molecule has 0 radical (unpaired) electrons. The maximum atomic E-state index is 11.2. The Morgan fingerprint density at radius 3 is 1.67 bits per heavy atom. The van der Waals surface area contributed by atoms with Crippen LogP contribution in [0, 0.1) is 11.3 Å². The fourth-order valence-electron chi connectivity index (χ4n) is 6.43. The van der Waals surface area contributed by atoms with Crippen LogP contribution in [0.5, 0.6) is 0 Å². The third-order valence-electron chi connectivity index (χ3n) is 8.62. The summed E-state index contributed by atoms with van der Waals surface area (Å²) in [5, 5.41) is 20.3. The first kappa shape index (κ1) is 29.7. The number of carbonyl (C=O) groups is 1. The van der Waals surface area contributed by atoms with Gasteiger partial charge in [-0.25, -0.2) is 0 Å². The van der Waals surface area contributed by atoms with Gasteiger partial charge in [0.1, 0.15) is 6.07 Å². The Hall–Kier alpha value is -5.34. The highest BCUT2D eigenvalue weighted by Crippen LogP contribution is 2.36. The third kappa shape index (κ3) is 7.08. The van der Waals surface area contributed by atoms with Gasteiger partial charge in [-0.15, -0.1) is 0 Å². The van der Waals surface area contributed by atoms with Gasteiger partial charge >= 0.3 is 0 Å². The average molecular weight is 591 g/mol. The van der Waals surface area contributed by atoms with E-state index in [4.69, 9.17) is 5.26 Å². The van der Waals surface area contributed by atoms with Crippen molar-refractivity contribution < 1.29 is 9.90 Å². The number of fused-ring (bicyclic) bond motifs is 2. The standard InChI is InChI=1S/C40H37N3O2/c41-27-36(40(44)45)15-7-8-18-37(32-19-21-38-34(25-32)16-9-23-42(38)28-30-11-3-1-4-12-30)33-20-22-39-35(26-33)17-10-24-43(39)29-31-13-5-2-6-14-31/h1-8,11-15,18-22,25-26H,9-10,16-17,23-24,28-29H2,(H,44,45)/p-1/b8-7+,36-15+. The van der Waals surface area contributed by atoms with Crippen LogP contribution in [0.4, 0.5) is 11.4 Å². The fraction of sp³-hybridized carbons (Fsp3) is 0.200. The van der Waals surface area contributed by atoms with E-state index in [1.165, 1.54) is 39.7 Å². The summed E-state index contributed by atoms with van der Waals surface area (Å²) < 4.78 is 0. The molecule has 2 aliphatic rings. The Kier molecular flexibility index (Phi) is 9.22. The molecule has 4 aromatic rings. The Labute approximate surface area is 265 Å². The summed E-state index contributed by atoms with van der Waals surface area (Å²) in [6, 6.07) is 36.4. The van der Waals surface area contributed by atoms with Crippen molar-refractivity contribution in [2.45, 2.75) is 38.8 Å². The lowest BCUT2D eigenvalue weighted by Gasteiger charge is -2.32. The van der Waals surface area contributed by atoms with E-state index in [0.717, 1.165) is 68.6 Å². The minimum atomic E-state index is -1.48. The van der Waals surface area contributed by atoms with Gasteiger partial charge in [-0.2, -0.15) is 5.26 Å². The molecule has 0 atom stereocenters. The molecule has 4 aromatic carbocycles. The van der Waals surface area contributed by atoms with E-state index in [-0.39, 0.29) is 0 Å². The number of allylic oxidation sites excluding steroid dienone is 4. The average Bonchev–Trinajstić information content (AvgIpc) is 3.07. The molecule has 0 fully saturated rings. The zero-order valence-corrected chi connectivity index (χ0v) is 25.4. The van der Waals surface area contributed by atoms with E-state index in [1.807, 2.05) is 6.08 Å². The number of aliphatic carboxylic acids is 1. The van der Waals surface area contributed by atoms with Gasteiger partial charge < -0.3 is 19.7 Å². The molecular weight excluding hydrogens is 554 g/mol. The zero-order valence-electron chi connectivity index (χ0n) is 25.4. The van der Waals surface area contributed by atoms with Gasteiger partial charge in [-0.3, -0.25) is 0 Å². The minimum Gasteiger partial charge on any atom is -0.544 e. The second kappa shape index (κ2) is 14.0. The summed E-state index contributed by atoms with van der Waals surface area (Å²) in [5.74, 6) is -1.48. The summed E-state index contributed by atoms with van der Waals surface area (Å²) in [7, 11) is 0.